The first kappa shape index (κ1) is 27.2. The van der Waals surface area contributed by atoms with E-state index in [1.165, 1.54) is 16.8 Å². The lowest BCUT2D eigenvalue weighted by Crippen LogP contribution is -2.51. The summed E-state index contributed by atoms with van der Waals surface area (Å²) in [6.07, 6.45) is 4.09. The van der Waals surface area contributed by atoms with Gasteiger partial charge in [-0.25, -0.2) is 4.98 Å². The minimum absolute atomic E-state index is 0.113. The van der Waals surface area contributed by atoms with Gasteiger partial charge in [0.25, 0.3) is 5.56 Å². The molecule has 1 aromatic carbocycles. The zero-order chi connectivity index (χ0) is 26.4. The van der Waals surface area contributed by atoms with E-state index in [2.05, 4.69) is 65.6 Å². The van der Waals surface area contributed by atoms with Gasteiger partial charge in [0.2, 0.25) is 11.9 Å². The number of amides is 1. The molecule has 0 aliphatic carbocycles. The smallest absolute Gasteiger partial charge is 0.252 e. The Hall–Kier alpha value is -2.87. The predicted molar refractivity (Wildman–Crippen MR) is 150 cm³/mol. The Balaban J connectivity index is 1.32. The average molecular weight is 509 g/mol. The van der Waals surface area contributed by atoms with Crippen LogP contribution in [0.1, 0.15) is 56.4 Å². The van der Waals surface area contributed by atoms with Crippen molar-refractivity contribution in [2.45, 2.75) is 59.9 Å². The van der Waals surface area contributed by atoms with Crippen molar-refractivity contribution in [2.75, 3.05) is 62.2 Å². The van der Waals surface area contributed by atoms with Crippen molar-refractivity contribution in [3.63, 3.8) is 0 Å². The van der Waals surface area contributed by atoms with Crippen LogP contribution in [0.25, 0.3) is 0 Å². The summed E-state index contributed by atoms with van der Waals surface area (Å²) < 4.78 is 0. The van der Waals surface area contributed by atoms with E-state index in [1.807, 2.05) is 4.90 Å². The van der Waals surface area contributed by atoms with Crippen molar-refractivity contribution in [2.24, 2.45) is 5.92 Å². The van der Waals surface area contributed by atoms with Gasteiger partial charge >= 0.3 is 0 Å². The number of nitrogens with one attached hydrogen (secondary N) is 1. The Morgan fingerprint density at radius 1 is 1.00 bits per heavy atom. The maximum Gasteiger partial charge on any atom is 0.252 e. The van der Waals surface area contributed by atoms with Crippen LogP contribution in [0.4, 0.5) is 11.6 Å². The Morgan fingerprint density at radius 2 is 1.70 bits per heavy atom. The van der Waals surface area contributed by atoms with Crippen LogP contribution < -0.4 is 15.4 Å². The van der Waals surface area contributed by atoms with Crippen molar-refractivity contribution >= 4 is 17.5 Å². The van der Waals surface area contributed by atoms with Gasteiger partial charge in [-0.1, -0.05) is 38.8 Å². The fourth-order valence-corrected chi connectivity index (χ4v) is 5.53. The summed E-state index contributed by atoms with van der Waals surface area (Å²) in [6.45, 7) is 15.9. The number of unbranched alkanes of at least 4 members (excludes halogenated alkanes) is 1. The molecule has 1 amide bonds. The molecule has 0 spiro atoms. The van der Waals surface area contributed by atoms with E-state index in [-0.39, 0.29) is 17.4 Å². The van der Waals surface area contributed by atoms with Gasteiger partial charge < -0.3 is 14.7 Å². The van der Waals surface area contributed by atoms with Crippen LogP contribution in [0.5, 0.6) is 0 Å². The quantitative estimate of drug-likeness (QED) is 0.558. The lowest BCUT2D eigenvalue weighted by molar-refractivity contribution is -0.136. The number of nitrogens with zero attached hydrogens (tertiary/aromatic N) is 5. The van der Waals surface area contributed by atoms with E-state index < -0.39 is 0 Å². The Kier molecular flexibility index (Phi) is 9.24. The third-order valence-corrected chi connectivity index (χ3v) is 8.10. The van der Waals surface area contributed by atoms with Gasteiger partial charge in [-0.15, -0.1) is 0 Å². The molecule has 2 aliphatic rings. The minimum Gasteiger partial charge on any atom is -0.369 e. The molecule has 0 saturated carbocycles. The summed E-state index contributed by atoms with van der Waals surface area (Å²) in [5.74, 6) is 1.04. The van der Waals surface area contributed by atoms with Crippen LogP contribution in [-0.2, 0) is 11.3 Å². The molecule has 8 heteroatoms. The third kappa shape index (κ3) is 6.72. The van der Waals surface area contributed by atoms with Crippen LogP contribution in [0.2, 0.25) is 0 Å². The van der Waals surface area contributed by atoms with Crippen molar-refractivity contribution in [3.05, 3.63) is 51.4 Å². The molecular weight excluding hydrogens is 464 g/mol. The molecule has 0 radical (unpaired) electrons. The molecule has 37 heavy (non-hydrogen) atoms. The molecule has 2 fully saturated rings. The van der Waals surface area contributed by atoms with Gasteiger partial charge in [-0.3, -0.25) is 19.5 Å². The number of hydrogen-bond acceptors (Lipinski definition) is 6. The number of carbonyl (C=O) groups is 1. The molecule has 1 N–H and O–H groups in total. The molecule has 4 rings (SSSR count). The van der Waals surface area contributed by atoms with Crippen LogP contribution in [0, 0.1) is 19.8 Å². The highest BCUT2D eigenvalue weighted by Crippen LogP contribution is 2.24. The highest BCUT2D eigenvalue weighted by molar-refractivity contribution is 5.79. The SMILES string of the molecule is CCCC[C@@H](CC)C(=O)N1CCN(c2nc(CN3CCN(c4cccc(C)c4C)CC3)cc(=O)[nH]2)CC1. The molecular formula is C29H44N6O2. The fraction of sp³-hybridized carbons (Fsp3) is 0.621. The van der Waals surface area contributed by atoms with Crippen molar-refractivity contribution < 1.29 is 4.79 Å². The zero-order valence-electron chi connectivity index (χ0n) is 23.1. The third-order valence-electron chi connectivity index (χ3n) is 8.10. The number of anilines is 2. The first-order valence-corrected chi connectivity index (χ1v) is 14.1. The van der Waals surface area contributed by atoms with Crippen molar-refractivity contribution in [1.29, 1.82) is 0 Å². The van der Waals surface area contributed by atoms with Crippen LogP contribution in [-0.4, -0.2) is 78.0 Å². The number of aromatic nitrogens is 2. The molecule has 2 aliphatic heterocycles. The first-order chi connectivity index (χ1) is 17.9. The molecule has 0 bridgehead atoms. The number of rotatable bonds is 9. The molecule has 3 heterocycles. The van der Waals surface area contributed by atoms with E-state index in [9.17, 15) is 9.59 Å². The second kappa shape index (κ2) is 12.6. The summed E-state index contributed by atoms with van der Waals surface area (Å²) in [5.41, 5.74) is 4.70. The van der Waals surface area contributed by atoms with Gasteiger partial charge in [0.05, 0.1) is 5.69 Å². The summed E-state index contributed by atoms with van der Waals surface area (Å²) in [5, 5.41) is 0. The average Bonchev–Trinajstić information content (AvgIpc) is 2.91. The van der Waals surface area contributed by atoms with Crippen LogP contribution in [0.15, 0.2) is 29.1 Å². The van der Waals surface area contributed by atoms with Crippen molar-refractivity contribution in [1.82, 2.24) is 19.8 Å². The summed E-state index contributed by atoms with van der Waals surface area (Å²) in [6, 6.07) is 8.14. The monoisotopic (exact) mass is 508 g/mol. The van der Waals surface area contributed by atoms with E-state index in [0.717, 1.165) is 57.6 Å². The number of carbonyl (C=O) groups excluding carboxylic acids is 1. The number of hydrogen-bond donors (Lipinski definition) is 1. The second-order valence-electron chi connectivity index (χ2n) is 10.6. The molecule has 1 aromatic heterocycles. The van der Waals surface area contributed by atoms with Gasteiger partial charge in [-0.2, -0.15) is 0 Å². The standard InChI is InChI=1S/C29H44N6O2/c1-5-7-10-24(6-2)28(37)34-16-18-35(19-17-34)29-30-25(20-27(36)31-29)21-32-12-14-33(15-13-32)26-11-8-9-22(3)23(26)4/h8-9,11,20,24H,5-7,10,12-19,21H2,1-4H3,(H,30,31,36)/t24-/m1/s1. The zero-order valence-corrected chi connectivity index (χ0v) is 23.1. The maximum absolute atomic E-state index is 13.0. The molecule has 202 valence electrons. The predicted octanol–water partition coefficient (Wildman–Crippen LogP) is 3.57. The van der Waals surface area contributed by atoms with Gasteiger partial charge in [-0.05, 0) is 43.9 Å². The molecule has 1 atom stereocenters. The molecule has 2 saturated heterocycles. The van der Waals surface area contributed by atoms with Crippen LogP contribution in [0.3, 0.4) is 0 Å². The highest BCUT2D eigenvalue weighted by atomic mass is 16.2. The normalized spacial score (nSPS) is 17.8. The Bertz CT molecular complexity index is 1100. The lowest BCUT2D eigenvalue weighted by Gasteiger charge is -2.37. The topological polar surface area (TPSA) is 75.8 Å². The summed E-state index contributed by atoms with van der Waals surface area (Å²) in [7, 11) is 0. The first-order valence-electron chi connectivity index (χ1n) is 14.1. The molecule has 0 unspecified atom stereocenters. The largest absolute Gasteiger partial charge is 0.369 e. The second-order valence-corrected chi connectivity index (χ2v) is 10.6. The Labute approximate surface area is 221 Å². The number of piperazine rings is 2. The number of aryl methyl sites for hydroxylation is 1. The van der Waals surface area contributed by atoms with Crippen molar-refractivity contribution in [3.8, 4) is 0 Å². The number of H-pyrrole nitrogens is 1. The fourth-order valence-electron chi connectivity index (χ4n) is 5.53. The summed E-state index contributed by atoms with van der Waals surface area (Å²) >= 11 is 0. The van der Waals surface area contributed by atoms with Gasteiger partial charge in [0.1, 0.15) is 0 Å². The Morgan fingerprint density at radius 3 is 2.38 bits per heavy atom. The summed E-state index contributed by atoms with van der Waals surface area (Å²) in [4.78, 5) is 42.2. The molecule has 8 nitrogen and oxygen atoms in total. The van der Waals surface area contributed by atoms with E-state index in [0.29, 0.717) is 38.7 Å². The van der Waals surface area contributed by atoms with E-state index in [4.69, 9.17) is 4.98 Å². The number of benzene rings is 1. The lowest BCUT2D eigenvalue weighted by atomic mass is 9.97. The highest BCUT2D eigenvalue weighted by Gasteiger charge is 2.27. The van der Waals surface area contributed by atoms with E-state index in [1.54, 1.807) is 6.07 Å². The van der Waals surface area contributed by atoms with Crippen LogP contribution >= 0.6 is 0 Å². The maximum atomic E-state index is 13.0. The molecule has 2 aromatic rings. The van der Waals surface area contributed by atoms with E-state index >= 15 is 0 Å². The van der Waals surface area contributed by atoms with Gasteiger partial charge in [0, 0.05) is 76.6 Å². The minimum atomic E-state index is -0.113. The number of aromatic amines is 1. The van der Waals surface area contributed by atoms with Gasteiger partial charge in [0.15, 0.2) is 0 Å².